The van der Waals surface area contributed by atoms with Gasteiger partial charge in [0.15, 0.2) is 11.6 Å². The highest BCUT2D eigenvalue weighted by molar-refractivity contribution is 5.76. The summed E-state index contributed by atoms with van der Waals surface area (Å²) < 4.78 is 24.9. The van der Waals surface area contributed by atoms with Crippen molar-refractivity contribution < 1.29 is 18.4 Å². The fourth-order valence-electron chi connectivity index (χ4n) is 4.81. The first-order valence-corrected chi connectivity index (χ1v) is 11.4. The molecule has 2 aliphatic heterocycles. The van der Waals surface area contributed by atoms with Crippen LogP contribution in [-0.4, -0.2) is 59.2 Å². The van der Waals surface area contributed by atoms with Gasteiger partial charge in [0.05, 0.1) is 5.69 Å². The average molecular weight is 430 g/mol. The molecule has 6 nitrogen and oxygen atoms in total. The summed E-state index contributed by atoms with van der Waals surface area (Å²) in [5.74, 6) is 1.09. The molecule has 31 heavy (non-hydrogen) atoms. The molecule has 0 spiro atoms. The van der Waals surface area contributed by atoms with Crippen molar-refractivity contribution in [1.29, 1.82) is 0 Å². The Bertz CT molecular complexity index is 864. The van der Waals surface area contributed by atoms with Crippen LogP contribution in [0.5, 0.6) is 5.75 Å². The minimum Gasteiger partial charge on any atom is -0.487 e. The van der Waals surface area contributed by atoms with Crippen LogP contribution in [0.15, 0.2) is 28.8 Å². The molecule has 2 aromatic rings. The van der Waals surface area contributed by atoms with Gasteiger partial charge in [0.25, 0.3) is 0 Å². The Hall–Kier alpha value is -2.41. The second kappa shape index (κ2) is 9.81. The van der Waals surface area contributed by atoms with E-state index in [1.807, 2.05) is 18.7 Å². The van der Waals surface area contributed by atoms with E-state index in [0.29, 0.717) is 24.6 Å². The van der Waals surface area contributed by atoms with E-state index in [-0.39, 0.29) is 17.8 Å². The molecule has 2 fully saturated rings. The van der Waals surface area contributed by atoms with Crippen molar-refractivity contribution in [2.75, 3.05) is 26.2 Å². The molecule has 2 aliphatic rings. The molecule has 3 heterocycles. The molecule has 7 heteroatoms. The van der Waals surface area contributed by atoms with Crippen molar-refractivity contribution in [2.45, 2.75) is 64.5 Å². The summed E-state index contributed by atoms with van der Waals surface area (Å²) in [5.41, 5.74) is 1.94. The summed E-state index contributed by atoms with van der Waals surface area (Å²) in [7, 11) is 0. The Balaban J connectivity index is 1.19. The van der Waals surface area contributed by atoms with Gasteiger partial charge < -0.3 is 14.2 Å². The van der Waals surface area contributed by atoms with Crippen LogP contribution in [0.4, 0.5) is 4.39 Å². The third-order valence-electron chi connectivity index (χ3n) is 6.71. The Morgan fingerprint density at radius 3 is 2.48 bits per heavy atom. The molecule has 0 bridgehead atoms. The van der Waals surface area contributed by atoms with Gasteiger partial charge >= 0.3 is 0 Å². The fourth-order valence-corrected chi connectivity index (χ4v) is 4.81. The number of hydrogen-bond acceptors (Lipinski definition) is 5. The summed E-state index contributed by atoms with van der Waals surface area (Å²) in [6.45, 7) is 7.38. The van der Waals surface area contributed by atoms with Crippen molar-refractivity contribution in [2.24, 2.45) is 0 Å². The molecule has 1 aromatic heterocycles. The Kier molecular flexibility index (Phi) is 6.90. The number of aromatic nitrogens is 1. The van der Waals surface area contributed by atoms with Crippen LogP contribution >= 0.6 is 0 Å². The summed E-state index contributed by atoms with van der Waals surface area (Å²) in [6, 6.07) is 7.13. The number of amides is 1. The van der Waals surface area contributed by atoms with E-state index >= 15 is 0 Å². The standard InChI is InChI=1S/C24H32FN3O3/c1-17-21(18(2)31-26-17)7-8-24(29)28-13-9-19(10-14-28)27-15-11-20(12-16-27)30-23-6-4-3-5-22(23)25/h3-6,19-20H,7-16H2,1-2H3. The second-order valence-corrected chi connectivity index (χ2v) is 8.70. The van der Waals surface area contributed by atoms with E-state index in [1.54, 1.807) is 18.2 Å². The number of benzene rings is 1. The third kappa shape index (κ3) is 5.26. The van der Waals surface area contributed by atoms with Gasteiger partial charge in [0, 0.05) is 44.2 Å². The first-order valence-electron chi connectivity index (χ1n) is 11.4. The molecule has 0 unspecified atom stereocenters. The SMILES string of the molecule is Cc1noc(C)c1CCC(=O)N1CCC(N2CCC(Oc3ccccc3F)CC2)CC1. The Morgan fingerprint density at radius 1 is 1.13 bits per heavy atom. The van der Waals surface area contributed by atoms with E-state index in [0.717, 1.165) is 68.9 Å². The zero-order valence-corrected chi connectivity index (χ0v) is 18.5. The van der Waals surface area contributed by atoms with Crippen LogP contribution in [0, 0.1) is 19.7 Å². The molecule has 0 atom stereocenters. The van der Waals surface area contributed by atoms with Crippen LogP contribution in [0.1, 0.15) is 49.1 Å². The summed E-state index contributed by atoms with van der Waals surface area (Å²) in [5, 5.41) is 3.97. The summed E-state index contributed by atoms with van der Waals surface area (Å²) >= 11 is 0. The summed E-state index contributed by atoms with van der Waals surface area (Å²) in [6.07, 6.45) is 5.10. The van der Waals surface area contributed by atoms with Crippen LogP contribution in [0.3, 0.4) is 0 Å². The van der Waals surface area contributed by atoms with Crippen molar-refractivity contribution in [3.8, 4) is 5.75 Å². The fraction of sp³-hybridized carbons (Fsp3) is 0.583. The minimum absolute atomic E-state index is 0.0686. The lowest BCUT2D eigenvalue weighted by atomic mass is 9.98. The summed E-state index contributed by atoms with van der Waals surface area (Å²) in [4.78, 5) is 17.2. The van der Waals surface area contributed by atoms with Crippen molar-refractivity contribution in [1.82, 2.24) is 15.0 Å². The lowest BCUT2D eigenvalue weighted by Gasteiger charge is -2.41. The number of aryl methyl sites for hydroxylation is 2. The zero-order valence-electron chi connectivity index (χ0n) is 18.5. The number of halogens is 1. The first-order chi connectivity index (χ1) is 15.0. The van der Waals surface area contributed by atoms with Crippen molar-refractivity contribution in [3.05, 3.63) is 47.1 Å². The monoisotopic (exact) mass is 429 g/mol. The lowest BCUT2D eigenvalue weighted by Crippen LogP contribution is -2.50. The van der Waals surface area contributed by atoms with Crippen LogP contribution in [0.2, 0.25) is 0 Å². The molecule has 0 aliphatic carbocycles. The van der Waals surface area contributed by atoms with Gasteiger partial charge in [-0.05, 0) is 58.1 Å². The van der Waals surface area contributed by atoms with Gasteiger partial charge in [0.1, 0.15) is 11.9 Å². The van der Waals surface area contributed by atoms with Gasteiger partial charge in [-0.3, -0.25) is 9.69 Å². The van der Waals surface area contributed by atoms with Gasteiger partial charge in [-0.15, -0.1) is 0 Å². The number of ether oxygens (including phenoxy) is 1. The molecule has 1 amide bonds. The highest BCUT2D eigenvalue weighted by Crippen LogP contribution is 2.25. The van der Waals surface area contributed by atoms with Crippen molar-refractivity contribution in [3.63, 3.8) is 0 Å². The molecular weight excluding hydrogens is 397 g/mol. The largest absolute Gasteiger partial charge is 0.487 e. The smallest absolute Gasteiger partial charge is 0.222 e. The number of para-hydroxylation sites is 1. The van der Waals surface area contributed by atoms with E-state index < -0.39 is 0 Å². The van der Waals surface area contributed by atoms with E-state index in [2.05, 4.69) is 10.1 Å². The normalized spacial score (nSPS) is 19.0. The highest BCUT2D eigenvalue weighted by Gasteiger charge is 2.30. The topological polar surface area (TPSA) is 58.8 Å². The zero-order chi connectivity index (χ0) is 21.8. The maximum atomic E-state index is 13.8. The lowest BCUT2D eigenvalue weighted by molar-refractivity contribution is -0.132. The average Bonchev–Trinajstić information content (AvgIpc) is 3.11. The van der Waals surface area contributed by atoms with Gasteiger partial charge in [-0.25, -0.2) is 4.39 Å². The second-order valence-electron chi connectivity index (χ2n) is 8.70. The van der Waals surface area contributed by atoms with Crippen molar-refractivity contribution >= 4 is 5.91 Å². The molecule has 4 rings (SSSR count). The first kappa shape index (κ1) is 21.8. The van der Waals surface area contributed by atoms with Gasteiger partial charge in [0.2, 0.25) is 5.91 Å². The number of nitrogens with zero attached hydrogens (tertiary/aromatic N) is 3. The highest BCUT2D eigenvalue weighted by atomic mass is 19.1. The van der Waals surface area contributed by atoms with Crippen LogP contribution in [-0.2, 0) is 11.2 Å². The van der Waals surface area contributed by atoms with Crippen LogP contribution in [0.25, 0.3) is 0 Å². The Morgan fingerprint density at radius 2 is 1.84 bits per heavy atom. The number of piperidine rings is 2. The predicted octanol–water partition coefficient (Wildman–Crippen LogP) is 3.90. The van der Waals surface area contributed by atoms with E-state index in [4.69, 9.17) is 9.26 Å². The Labute approximate surface area is 183 Å². The number of carbonyl (C=O) groups is 1. The number of likely N-dealkylation sites (tertiary alicyclic amines) is 2. The van der Waals surface area contributed by atoms with E-state index in [1.165, 1.54) is 6.07 Å². The number of carbonyl (C=O) groups excluding carboxylic acids is 1. The van der Waals surface area contributed by atoms with E-state index in [9.17, 15) is 9.18 Å². The molecular formula is C24H32FN3O3. The third-order valence-corrected chi connectivity index (χ3v) is 6.71. The quantitative estimate of drug-likeness (QED) is 0.697. The molecule has 1 aromatic carbocycles. The number of rotatable bonds is 6. The molecule has 2 saturated heterocycles. The predicted molar refractivity (Wildman–Crippen MR) is 116 cm³/mol. The van der Waals surface area contributed by atoms with Gasteiger partial charge in [-0.2, -0.15) is 0 Å². The minimum atomic E-state index is -0.295. The number of hydrogen-bond donors (Lipinski definition) is 0. The molecule has 168 valence electrons. The maximum Gasteiger partial charge on any atom is 0.222 e. The molecule has 0 radical (unpaired) electrons. The molecule has 0 N–H and O–H groups in total. The van der Waals surface area contributed by atoms with Crippen LogP contribution < -0.4 is 4.74 Å². The molecule has 0 saturated carbocycles. The van der Waals surface area contributed by atoms with Gasteiger partial charge in [-0.1, -0.05) is 17.3 Å². The maximum absolute atomic E-state index is 13.8.